The van der Waals surface area contributed by atoms with Crippen LogP contribution in [0.3, 0.4) is 0 Å². The Bertz CT molecular complexity index is 979. The van der Waals surface area contributed by atoms with Crippen LogP contribution in [-0.2, 0) is 0 Å². The minimum absolute atomic E-state index is 0.281. The molecule has 0 aliphatic carbocycles. The molecule has 0 aliphatic heterocycles. The van der Waals surface area contributed by atoms with E-state index in [0.29, 0.717) is 28.0 Å². The fraction of sp³-hybridized carbons (Fsp3) is 0.0667. The zero-order valence-electron chi connectivity index (χ0n) is 11.5. The van der Waals surface area contributed by atoms with E-state index in [1.54, 1.807) is 31.4 Å². The molecule has 1 N–H and O–H groups in total. The summed E-state index contributed by atoms with van der Waals surface area (Å²) in [5, 5.41) is 3.60. The molecule has 0 amide bonds. The number of nitrogens with zero attached hydrogens (tertiary/aromatic N) is 2. The third-order valence-corrected chi connectivity index (χ3v) is 4.09. The minimum atomic E-state index is -0.281. The van der Waals surface area contributed by atoms with Crippen LogP contribution in [0.15, 0.2) is 40.8 Å². The highest BCUT2D eigenvalue weighted by atomic mass is 32.1. The molecule has 0 saturated heterocycles. The monoisotopic (exact) mass is 315 g/mol. The van der Waals surface area contributed by atoms with Crippen molar-refractivity contribution >= 4 is 43.8 Å². The van der Waals surface area contributed by atoms with E-state index in [-0.39, 0.29) is 5.82 Å². The van der Waals surface area contributed by atoms with Crippen molar-refractivity contribution in [1.29, 1.82) is 0 Å². The van der Waals surface area contributed by atoms with E-state index >= 15 is 0 Å². The smallest absolute Gasteiger partial charge is 0.302 e. The molecule has 22 heavy (non-hydrogen) atoms. The molecule has 4 rings (SSSR count). The number of hydrogen-bond acceptors (Lipinski definition) is 6. The number of methoxy groups -OCH3 is 1. The van der Waals surface area contributed by atoms with Crippen molar-refractivity contribution in [3.63, 3.8) is 0 Å². The van der Waals surface area contributed by atoms with Gasteiger partial charge in [-0.3, -0.25) is 5.32 Å². The first-order valence-corrected chi connectivity index (χ1v) is 7.30. The van der Waals surface area contributed by atoms with Gasteiger partial charge in [-0.15, -0.1) is 0 Å². The van der Waals surface area contributed by atoms with Gasteiger partial charge in [0, 0.05) is 6.07 Å². The molecule has 0 saturated carbocycles. The maximum atomic E-state index is 13.2. The van der Waals surface area contributed by atoms with Gasteiger partial charge in [-0.2, -0.15) is 4.98 Å². The summed E-state index contributed by atoms with van der Waals surface area (Å²) < 4.78 is 24.7. The van der Waals surface area contributed by atoms with Crippen LogP contribution in [0.5, 0.6) is 5.75 Å². The van der Waals surface area contributed by atoms with Crippen LogP contribution in [0.1, 0.15) is 0 Å². The maximum Gasteiger partial charge on any atom is 0.302 e. The molecule has 2 aromatic heterocycles. The molecule has 0 unspecified atom stereocenters. The highest BCUT2D eigenvalue weighted by Gasteiger charge is 2.10. The third-order valence-electron chi connectivity index (χ3n) is 3.16. The molecule has 2 heterocycles. The van der Waals surface area contributed by atoms with Gasteiger partial charge in [0.2, 0.25) is 0 Å². The molecule has 5 nitrogen and oxygen atoms in total. The Balaban J connectivity index is 1.69. The Hall–Kier alpha value is -2.67. The lowest BCUT2D eigenvalue weighted by Gasteiger charge is -1.95. The van der Waals surface area contributed by atoms with Crippen molar-refractivity contribution in [3.05, 3.63) is 42.2 Å². The van der Waals surface area contributed by atoms with Crippen molar-refractivity contribution in [2.75, 3.05) is 12.4 Å². The van der Waals surface area contributed by atoms with E-state index in [2.05, 4.69) is 15.3 Å². The fourth-order valence-corrected chi connectivity index (χ4v) is 3.01. The zero-order valence-corrected chi connectivity index (χ0v) is 12.3. The van der Waals surface area contributed by atoms with Gasteiger partial charge >= 0.3 is 6.01 Å². The molecule has 7 heteroatoms. The van der Waals surface area contributed by atoms with Crippen LogP contribution < -0.4 is 10.1 Å². The van der Waals surface area contributed by atoms with Crippen LogP contribution in [0, 0.1) is 5.82 Å². The molecule has 0 atom stereocenters. The molecule has 4 aromatic rings. The van der Waals surface area contributed by atoms with E-state index in [0.717, 1.165) is 10.2 Å². The van der Waals surface area contributed by atoms with E-state index in [1.165, 1.54) is 23.5 Å². The van der Waals surface area contributed by atoms with Crippen molar-refractivity contribution in [2.45, 2.75) is 0 Å². The number of nitrogens with one attached hydrogen (secondary N) is 1. The molecule has 0 fully saturated rings. The van der Waals surface area contributed by atoms with Crippen molar-refractivity contribution in [1.82, 2.24) is 9.97 Å². The first-order valence-electron chi connectivity index (χ1n) is 6.49. The highest BCUT2D eigenvalue weighted by Crippen LogP contribution is 2.30. The number of ether oxygens (including phenoxy) is 1. The molecule has 0 spiro atoms. The number of aromatic nitrogens is 2. The van der Waals surface area contributed by atoms with Crippen LogP contribution in [0.4, 0.5) is 15.5 Å². The van der Waals surface area contributed by atoms with Gasteiger partial charge in [0.1, 0.15) is 17.1 Å². The molecule has 0 radical (unpaired) electrons. The Morgan fingerprint density at radius 2 is 2.05 bits per heavy atom. The summed E-state index contributed by atoms with van der Waals surface area (Å²) in [7, 11) is 1.60. The van der Waals surface area contributed by atoms with Gasteiger partial charge in [0.25, 0.3) is 0 Å². The summed E-state index contributed by atoms with van der Waals surface area (Å²) in [6.07, 6.45) is 0. The number of hydrogen-bond donors (Lipinski definition) is 1. The predicted molar refractivity (Wildman–Crippen MR) is 83.4 cm³/mol. The minimum Gasteiger partial charge on any atom is -0.497 e. The number of benzene rings is 2. The lowest BCUT2D eigenvalue weighted by Crippen LogP contribution is -1.88. The summed E-state index contributed by atoms with van der Waals surface area (Å²) in [4.78, 5) is 8.71. The first kappa shape index (κ1) is 13.0. The number of thiazole rings is 1. The SMILES string of the molecule is COc1ccc2oc(Nc3nc4ccc(F)cc4s3)nc2c1. The van der Waals surface area contributed by atoms with Crippen LogP contribution in [0.25, 0.3) is 21.3 Å². The van der Waals surface area contributed by atoms with E-state index in [1.807, 2.05) is 0 Å². The molecule has 0 aliphatic rings. The van der Waals surface area contributed by atoms with Crippen molar-refractivity contribution in [3.8, 4) is 5.75 Å². The highest BCUT2D eigenvalue weighted by molar-refractivity contribution is 7.22. The van der Waals surface area contributed by atoms with Gasteiger partial charge < -0.3 is 9.15 Å². The van der Waals surface area contributed by atoms with Crippen LogP contribution in [-0.4, -0.2) is 17.1 Å². The maximum absolute atomic E-state index is 13.2. The first-order chi connectivity index (χ1) is 10.7. The Labute approximate surface area is 128 Å². The fourth-order valence-electron chi connectivity index (χ4n) is 2.13. The van der Waals surface area contributed by atoms with Crippen LogP contribution >= 0.6 is 11.3 Å². The number of oxazole rings is 1. The van der Waals surface area contributed by atoms with E-state index in [9.17, 15) is 4.39 Å². The number of rotatable bonds is 3. The Kier molecular flexibility index (Phi) is 2.93. The van der Waals surface area contributed by atoms with Gasteiger partial charge in [-0.1, -0.05) is 11.3 Å². The van der Waals surface area contributed by atoms with E-state index < -0.39 is 0 Å². The predicted octanol–water partition coefficient (Wildman–Crippen LogP) is 4.33. The number of fused-ring (bicyclic) bond motifs is 2. The average molecular weight is 315 g/mol. The summed E-state index contributed by atoms with van der Waals surface area (Å²) in [5.74, 6) is 0.430. The Morgan fingerprint density at radius 1 is 1.14 bits per heavy atom. The second-order valence-corrected chi connectivity index (χ2v) is 5.64. The quantitative estimate of drug-likeness (QED) is 0.610. The summed E-state index contributed by atoms with van der Waals surface area (Å²) in [6.45, 7) is 0. The van der Waals surface area contributed by atoms with Crippen molar-refractivity contribution < 1.29 is 13.5 Å². The largest absolute Gasteiger partial charge is 0.497 e. The molecule has 0 bridgehead atoms. The van der Waals surface area contributed by atoms with Crippen LogP contribution in [0.2, 0.25) is 0 Å². The lowest BCUT2D eigenvalue weighted by molar-refractivity contribution is 0.415. The second kappa shape index (κ2) is 4.96. The molecule has 110 valence electrons. The third kappa shape index (κ3) is 2.25. The zero-order chi connectivity index (χ0) is 15.1. The van der Waals surface area contributed by atoms with Gasteiger partial charge in [0.15, 0.2) is 10.7 Å². The van der Waals surface area contributed by atoms with Crippen molar-refractivity contribution in [2.24, 2.45) is 0 Å². The standard InChI is InChI=1S/C15H10FN3O2S/c1-20-9-3-5-12-11(7-9)17-14(21-12)19-15-18-10-4-2-8(16)6-13(10)22-15/h2-7H,1H3,(H,17,18,19). The molecule has 2 aromatic carbocycles. The normalized spacial score (nSPS) is 11.2. The topological polar surface area (TPSA) is 60.2 Å². The van der Waals surface area contributed by atoms with Gasteiger partial charge in [-0.25, -0.2) is 9.37 Å². The lowest BCUT2D eigenvalue weighted by atomic mass is 10.3. The van der Waals surface area contributed by atoms with Gasteiger partial charge in [-0.05, 0) is 30.3 Å². The summed E-state index contributed by atoms with van der Waals surface area (Å²) in [5.41, 5.74) is 2.07. The molecular formula is C15H10FN3O2S. The number of anilines is 2. The van der Waals surface area contributed by atoms with E-state index in [4.69, 9.17) is 9.15 Å². The summed E-state index contributed by atoms with van der Waals surface area (Å²) in [6, 6.07) is 10.2. The molecular weight excluding hydrogens is 305 g/mol. The second-order valence-electron chi connectivity index (χ2n) is 4.61. The Morgan fingerprint density at radius 3 is 2.91 bits per heavy atom. The summed E-state index contributed by atoms with van der Waals surface area (Å²) >= 11 is 1.34. The number of halogens is 1. The van der Waals surface area contributed by atoms with Gasteiger partial charge in [0.05, 0.1) is 17.3 Å². The average Bonchev–Trinajstić information content (AvgIpc) is 3.08.